The number of nitrogens with one attached hydrogen (secondary N) is 5. The molecule has 414 valence electrons. The number of aromatic hydroxyl groups is 1. The number of rotatable bonds is 42. The Morgan fingerprint density at radius 1 is 0.562 bits per heavy atom. The molecule has 73 heavy (non-hydrogen) atoms. The second-order valence-electron chi connectivity index (χ2n) is 16.0. The standard InChI is InChI=1S/C44H71BN4O14.C2H3NO4S.H3NS/c45-43(57)37(31-34-17-19-35(50)20-18-34)49-41(54)33-63-30-28-61-26-24-47-40(53)32-62-29-27-60-25-23-46-38(51)22-21-36(44(58)59)48-39(52)15-13-11-9-7-5-3-1-2-4-6-8-10-12-14-16-42(55)56;4-1(3-7)8-2(5)6;1-2/h17-20,36-37,50H,1-16,21-33H2,(H,46,51)(H,47,53)(H,48,52)(H,49,54)(H,55,56)(H,58,59);7H,(H,3,4)(H,5,6);2H,1H2/t36-,37?;;/m0../s1. The van der Waals surface area contributed by atoms with E-state index in [1.807, 2.05) is 0 Å². The van der Waals surface area contributed by atoms with E-state index in [-0.39, 0.29) is 133 Å². The van der Waals surface area contributed by atoms with Crippen LogP contribution in [0.15, 0.2) is 24.3 Å². The highest BCUT2D eigenvalue weighted by molar-refractivity contribution is 8.25. The van der Waals surface area contributed by atoms with Crippen LogP contribution < -0.4 is 31.9 Å². The Bertz CT molecular complexity index is 1710. The number of amides is 5. The molecule has 0 aliphatic rings. The van der Waals surface area contributed by atoms with Crippen molar-refractivity contribution in [3.8, 4) is 5.75 Å². The van der Waals surface area contributed by atoms with Crippen LogP contribution in [0.25, 0.3) is 0 Å². The predicted molar refractivity (Wildman–Crippen MR) is 273 cm³/mol. The number of hydrogen-bond donors (Lipinski definition) is 12. The molecule has 1 aromatic rings. The summed E-state index contributed by atoms with van der Waals surface area (Å²) in [5.74, 6) is -3.42. The lowest BCUT2D eigenvalue weighted by molar-refractivity contribution is -0.142. The number of carbonyl (C=O) groups is 9. The largest absolute Gasteiger partial charge is 0.508 e. The lowest BCUT2D eigenvalue weighted by Crippen LogP contribution is -2.44. The topological polar surface area (TPSA) is 378 Å². The van der Waals surface area contributed by atoms with E-state index in [0.29, 0.717) is 12.0 Å². The minimum absolute atomic E-state index is 0.0289. The number of aliphatic carboxylic acids is 2. The number of unbranched alkanes of at least 4 members (excludes halogenated alkanes) is 13. The SMILES string of the molecule is NS.O=C(O)SC(=O)NO.[B]C(=O)C(Cc1ccc(O)cc1)NC(=O)COCCOCCNC(=O)COCCOCCNC(=O)CC[C@H](NC(=O)CCCCCCCCCCCCCCCCC(=O)O)C(=O)O. The van der Waals surface area contributed by atoms with Crippen LogP contribution in [0.2, 0.25) is 0 Å². The van der Waals surface area contributed by atoms with E-state index in [2.05, 4.69) is 39.2 Å². The van der Waals surface area contributed by atoms with Gasteiger partial charge < -0.3 is 65.4 Å². The summed E-state index contributed by atoms with van der Waals surface area (Å²) in [6.07, 6.45) is 15.5. The van der Waals surface area contributed by atoms with E-state index in [0.717, 1.165) is 50.4 Å². The minimum atomic E-state index is -1.35. The summed E-state index contributed by atoms with van der Waals surface area (Å²) in [5, 5.41) is 55.2. The zero-order chi connectivity index (χ0) is 54.9. The molecule has 12 N–H and O–H groups in total. The molecule has 0 aromatic heterocycles. The first kappa shape index (κ1) is 70.1. The Morgan fingerprint density at radius 3 is 1.44 bits per heavy atom. The third kappa shape index (κ3) is 47.7. The van der Waals surface area contributed by atoms with Gasteiger partial charge in [0.05, 0.1) is 63.1 Å². The minimum Gasteiger partial charge on any atom is -0.508 e. The van der Waals surface area contributed by atoms with Gasteiger partial charge in [-0.1, -0.05) is 89.2 Å². The number of phenolic OH excluding ortho intramolecular Hbond substituents is 1. The quantitative estimate of drug-likeness (QED) is 0.0147. The molecule has 1 unspecified atom stereocenters. The van der Waals surface area contributed by atoms with Gasteiger partial charge in [0.15, 0.2) is 7.85 Å². The van der Waals surface area contributed by atoms with Crippen molar-refractivity contribution in [2.24, 2.45) is 5.14 Å². The summed E-state index contributed by atoms with van der Waals surface area (Å²) in [4.78, 5) is 102. The Balaban J connectivity index is 0. The van der Waals surface area contributed by atoms with Crippen molar-refractivity contribution in [3.63, 3.8) is 0 Å². The monoisotopic (exact) mass is 1080 g/mol. The van der Waals surface area contributed by atoms with Crippen LogP contribution in [-0.2, 0) is 58.9 Å². The maximum Gasteiger partial charge on any atom is 0.374 e. The van der Waals surface area contributed by atoms with Crippen molar-refractivity contribution >= 4 is 84.2 Å². The molecule has 0 saturated carbocycles. The van der Waals surface area contributed by atoms with Gasteiger partial charge in [-0.15, -0.1) is 12.8 Å². The molecule has 5 amide bonds. The lowest BCUT2D eigenvalue weighted by atomic mass is 9.90. The van der Waals surface area contributed by atoms with Crippen molar-refractivity contribution in [1.29, 1.82) is 0 Å². The number of ether oxygens (including phenoxy) is 4. The number of thiol groups is 1. The molecular formula is C46H77BN6O18S2. The third-order valence-corrected chi connectivity index (χ3v) is 10.5. The second kappa shape index (κ2) is 49.2. The van der Waals surface area contributed by atoms with Gasteiger partial charge in [-0.25, -0.2) is 15.1 Å². The smallest absolute Gasteiger partial charge is 0.374 e. The van der Waals surface area contributed by atoms with E-state index >= 15 is 0 Å². The molecule has 1 rings (SSSR count). The first-order valence-corrected chi connectivity index (χ1v) is 25.4. The normalized spacial score (nSPS) is 11.3. The van der Waals surface area contributed by atoms with Crippen LogP contribution in [-0.4, -0.2) is 163 Å². The maximum absolute atomic E-state index is 12.3. The molecule has 0 spiro atoms. The average molecular weight is 1080 g/mol. The van der Waals surface area contributed by atoms with Crippen molar-refractivity contribution < 1.29 is 87.7 Å². The summed E-state index contributed by atoms with van der Waals surface area (Å²) >= 11 is 3.00. The number of hydroxylamine groups is 1. The van der Waals surface area contributed by atoms with Crippen LogP contribution in [0.5, 0.6) is 5.75 Å². The number of nitrogens with two attached hydrogens (primary N) is 1. The van der Waals surface area contributed by atoms with Gasteiger partial charge in [-0.05, 0) is 43.4 Å². The van der Waals surface area contributed by atoms with Crippen LogP contribution >= 0.6 is 24.6 Å². The third-order valence-electron chi connectivity index (χ3n) is 10.0. The van der Waals surface area contributed by atoms with Gasteiger partial charge >= 0.3 is 22.5 Å². The fraction of sp³-hybridized carbons (Fsp3) is 0.674. The number of thioether (sulfide) groups is 1. The van der Waals surface area contributed by atoms with Gasteiger partial charge in [0.25, 0.3) is 0 Å². The molecule has 0 saturated heterocycles. The number of hydrogen-bond acceptors (Lipinski definition) is 18. The maximum atomic E-state index is 12.3. The second-order valence-corrected chi connectivity index (χ2v) is 17.0. The number of phenols is 1. The molecular weight excluding hydrogens is 999 g/mol. The Labute approximate surface area is 438 Å². The van der Waals surface area contributed by atoms with E-state index in [4.69, 9.17) is 42.2 Å². The molecule has 0 aliphatic carbocycles. The van der Waals surface area contributed by atoms with Gasteiger partial charge in [0, 0.05) is 32.4 Å². The first-order valence-electron chi connectivity index (χ1n) is 24.1. The molecule has 2 radical (unpaired) electrons. The van der Waals surface area contributed by atoms with E-state index < -0.39 is 46.2 Å². The average Bonchev–Trinajstić information content (AvgIpc) is 3.35. The van der Waals surface area contributed by atoms with E-state index in [1.165, 1.54) is 50.7 Å². The van der Waals surface area contributed by atoms with Crippen LogP contribution in [0, 0.1) is 0 Å². The van der Waals surface area contributed by atoms with Gasteiger partial charge in [0.2, 0.25) is 23.6 Å². The summed E-state index contributed by atoms with van der Waals surface area (Å²) in [6.45, 7) is 0.889. The molecule has 0 heterocycles. The first-order chi connectivity index (χ1) is 35.0. The van der Waals surface area contributed by atoms with Crippen LogP contribution in [0.4, 0.5) is 9.59 Å². The lowest BCUT2D eigenvalue weighted by Gasteiger charge is -2.16. The number of benzene rings is 1. The highest BCUT2D eigenvalue weighted by Gasteiger charge is 2.21. The molecule has 2 atom stereocenters. The van der Waals surface area contributed by atoms with Crippen LogP contribution in [0.1, 0.15) is 121 Å². The van der Waals surface area contributed by atoms with Gasteiger partial charge in [0.1, 0.15) is 25.0 Å². The summed E-state index contributed by atoms with van der Waals surface area (Å²) in [5.41, 5.74) is 1.15. The van der Waals surface area contributed by atoms with Gasteiger partial charge in [-0.3, -0.25) is 39.1 Å². The van der Waals surface area contributed by atoms with Crippen LogP contribution in [0.3, 0.4) is 0 Å². The number of carboxylic acids is 2. The zero-order valence-electron chi connectivity index (χ0n) is 41.5. The molecule has 1 aromatic carbocycles. The van der Waals surface area contributed by atoms with Gasteiger partial charge in [-0.2, -0.15) is 0 Å². The number of carbonyl (C=O) groups excluding carboxylic acids is 6. The Morgan fingerprint density at radius 2 is 1.00 bits per heavy atom. The molecule has 27 heteroatoms. The zero-order valence-corrected chi connectivity index (χ0v) is 43.2. The summed E-state index contributed by atoms with van der Waals surface area (Å²) in [6, 6.07) is 4.10. The van der Waals surface area contributed by atoms with Crippen molar-refractivity contribution in [2.75, 3.05) is 65.9 Å². The summed E-state index contributed by atoms with van der Waals surface area (Å²) in [7, 11) is 5.39. The fourth-order valence-corrected chi connectivity index (χ4v) is 6.55. The molecule has 0 bridgehead atoms. The number of carboxylic acid groups (broad SMARTS) is 3. The Hall–Kier alpha value is -5.03. The van der Waals surface area contributed by atoms with Crippen molar-refractivity contribution in [1.82, 2.24) is 26.7 Å². The highest BCUT2D eigenvalue weighted by atomic mass is 32.2. The predicted octanol–water partition coefficient (Wildman–Crippen LogP) is 3.38. The highest BCUT2D eigenvalue weighted by Crippen LogP contribution is 2.15. The Kier molecular flexibility index (Phi) is 47.2. The van der Waals surface area contributed by atoms with E-state index in [1.54, 1.807) is 12.1 Å². The fourth-order valence-electron chi connectivity index (χ4n) is 6.35. The molecule has 0 fully saturated rings. The molecule has 0 aliphatic heterocycles. The van der Waals surface area contributed by atoms with Crippen molar-refractivity contribution in [2.45, 2.75) is 134 Å². The van der Waals surface area contributed by atoms with E-state index in [9.17, 15) is 53.4 Å². The molecule has 24 nitrogen and oxygen atoms in total. The van der Waals surface area contributed by atoms with Crippen molar-refractivity contribution in [3.05, 3.63) is 29.8 Å². The summed E-state index contributed by atoms with van der Waals surface area (Å²) < 4.78 is 21.3.